The van der Waals surface area contributed by atoms with Crippen LogP contribution in [0.3, 0.4) is 0 Å². The Hall–Kier alpha value is -3.23. The highest BCUT2D eigenvalue weighted by atomic mass is 16.5. The van der Waals surface area contributed by atoms with Crippen molar-refractivity contribution in [3.8, 4) is 5.75 Å². The molecule has 0 bridgehead atoms. The summed E-state index contributed by atoms with van der Waals surface area (Å²) in [6, 6.07) is 13.2. The largest absolute Gasteiger partial charge is 0.491 e. The minimum atomic E-state index is 0.262. The van der Waals surface area contributed by atoms with Gasteiger partial charge in [0.1, 0.15) is 24.2 Å². The highest BCUT2D eigenvalue weighted by molar-refractivity contribution is 5.91. The Labute approximate surface area is 192 Å². The first-order valence-electron chi connectivity index (χ1n) is 11.7. The van der Waals surface area contributed by atoms with Crippen molar-refractivity contribution in [3.05, 3.63) is 54.6 Å². The first-order chi connectivity index (χ1) is 16.4. The van der Waals surface area contributed by atoms with Gasteiger partial charge < -0.3 is 19.4 Å². The van der Waals surface area contributed by atoms with E-state index in [0.29, 0.717) is 12.3 Å². The van der Waals surface area contributed by atoms with Gasteiger partial charge in [0, 0.05) is 31.6 Å². The average molecular weight is 445 g/mol. The molecular weight excluding hydrogens is 416 g/mol. The zero-order chi connectivity index (χ0) is 22.0. The van der Waals surface area contributed by atoms with Crippen LogP contribution in [0, 0.1) is 0 Å². The lowest BCUT2D eigenvalue weighted by Gasteiger charge is -2.28. The maximum atomic E-state index is 6.45. The molecule has 6 rings (SSSR count). The van der Waals surface area contributed by atoms with Gasteiger partial charge in [-0.25, -0.2) is 15.0 Å². The van der Waals surface area contributed by atoms with Crippen LogP contribution < -0.4 is 9.64 Å². The summed E-state index contributed by atoms with van der Waals surface area (Å²) in [6.07, 6.45) is 5.46. The second-order valence-electron chi connectivity index (χ2n) is 8.76. The molecule has 0 saturated carbocycles. The van der Waals surface area contributed by atoms with Gasteiger partial charge >= 0.3 is 0 Å². The molecule has 2 aliphatic rings. The lowest BCUT2D eigenvalue weighted by molar-refractivity contribution is 0.0343. The van der Waals surface area contributed by atoms with E-state index in [1.165, 1.54) is 16.3 Å². The van der Waals surface area contributed by atoms with Crippen molar-refractivity contribution in [1.82, 2.24) is 24.8 Å². The molecule has 0 spiro atoms. The third-order valence-corrected chi connectivity index (χ3v) is 6.76. The highest BCUT2D eigenvalue weighted by Crippen LogP contribution is 2.32. The molecule has 2 saturated heterocycles. The second-order valence-corrected chi connectivity index (χ2v) is 8.76. The number of ether oxygens (including phenoxy) is 2. The van der Waals surface area contributed by atoms with Gasteiger partial charge in [-0.3, -0.25) is 4.90 Å². The molecule has 0 radical (unpaired) electrons. The van der Waals surface area contributed by atoms with E-state index in [2.05, 4.69) is 66.1 Å². The van der Waals surface area contributed by atoms with E-state index in [4.69, 9.17) is 9.47 Å². The van der Waals surface area contributed by atoms with Crippen LogP contribution in [-0.2, 0) is 11.3 Å². The van der Waals surface area contributed by atoms with Gasteiger partial charge in [0.15, 0.2) is 11.5 Å². The van der Waals surface area contributed by atoms with Gasteiger partial charge in [0.25, 0.3) is 0 Å². The minimum absolute atomic E-state index is 0.262. The molecule has 0 unspecified atom stereocenters. The van der Waals surface area contributed by atoms with E-state index in [-0.39, 0.29) is 6.04 Å². The number of fused-ring (bicyclic) bond motifs is 2. The van der Waals surface area contributed by atoms with E-state index in [9.17, 15) is 0 Å². The number of H-pyrrole nitrogens is 1. The van der Waals surface area contributed by atoms with Gasteiger partial charge in [0.05, 0.1) is 25.6 Å². The van der Waals surface area contributed by atoms with E-state index >= 15 is 0 Å². The Bertz CT molecular complexity index is 1250. The average Bonchev–Trinajstić information content (AvgIpc) is 3.54. The van der Waals surface area contributed by atoms with Gasteiger partial charge in [-0.15, -0.1) is 0 Å². The Morgan fingerprint density at radius 2 is 1.88 bits per heavy atom. The smallest absolute Gasteiger partial charge is 0.182 e. The molecule has 2 aromatic heterocycles. The summed E-state index contributed by atoms with van der Waals surface area (Å²) >= 11 is 0. The lowest BCUT2D eigenvalue weighted by Crippen LogP contribution is -2.35. The molecule has 1 N–H and O–H groups in total. The Balaban J connectivity index is 1.22. The molecule has 2 fully saturated rings. The number of aromatic nitrogens is 4. The summed E-state index contributed by atoms with van der Waals surface area (Å²) in [5, 5.41) is 2.44. The fourth-order valence-corrected chi connectivity index (χ4v) is 5.04. The van der Waals surface area contributed by atoms with Crippen molar-refractivity contribution in [2.24, 2.45) is 0 Å². The number of rotatable bonds is 6. The third-order valence-electron chi connectivity index (χ3n) is 6.76. The number of hydrogen-bond acceptors (Lipinski definition) is 7. The van der Waals surface area contributed by atoms with Crippen LogP contribution in [0.2, 0.25) is 0 Å². The Morgan fingerprint density at radius 1 is 1.00 bits per heavy atom. The predicted molar refractivity (Wildman–Crippen MR) is 128 cm³/mol. The summed E-state index contributed by atoms with van der Waals surface area (Å²) in [5.74, 6) is 1.85. The van der Waals surface area contributed by atoms with Crippen LogP contribution in [0.4, 0.5) is 5.82 Å². The molecule has 8 nitrogen and oxygen atoms in total. The molecule has 33 heavy (non-hydrogen) atoms. The van der Waals surface area contributed by atoms with E-state index in [1.807, 2.05) is 0 Å². The van der Waals surface area contributed by atoms with Crippen LogP contribution in [0.15, 0.2) is 49.1 Å². The van der Waals surface area contributed by atoms with Gasteiger partial charge in [0.2, 0.25) is 0 Å². The maximum absolute atomic E-state index is 6.45. The third kappa shape index (κ3) is 4.00. The molecule has 4 heterocycles. The molecule has 0 aliphatic carbocycles. The number of morpholine rings is 1. The molecule has 2 aromatic carbocycles. The van der Waals surface area contributed by atoms with Crippen LogP contribution in [0.1, 0.15) is 18.4 Å². The first-order valence-corrected chi connectivity index (χ1v) is 11.7. The minimum Gasteiger partial charge on any atom is -0.491 e. The van der Waals surface area contributed by atoms with Gasteiger partial charge in [-0.1, -0.05) is 30.3 Å². The van der Waals surface area contributed by atoms with Crippen molar-refractivity contribution < 1.29 is 9.47 Å². The number of nitrogens with zero attached hydrogens (tertiary/aromatic N) is 5. The quantitative estimate of drug-likeness (QED) is 0.488. The molecule has 8 heteroatoms. The summed E-state index contributed by atoms with van der Waals surface area (Å²) in [4.78, 5) is 21.1. The van der Waals surface area contributed by atoms with Crippen molar-refractivity contribution in [3.63, 3.8) is 0 Å². The maximum Gasteiger partial charge on any atom is 0.182 e. The zero-order valence-electron chi connectivity index (χ0n) is 18.6. The summed E-state index contributed by atoms with van der Waals surface area (Å²) in [6.45, 7) is 6.11. The van der Waals surface area contributed by atoms with Crippen LogP contribution in [0.5, 0.6) is 5.75 Å². The number of benzene rings is 2. The van der Waals surface area contributed by atoms with Crippen LogP contribution >= 0.6 is 0 Å². The normalized spacial score (nSPS) is 19.5. The second kappa shape index (κ2) is 8.96. The van der Waals surface area contributed by atoms with E-state index < -0.39 is 0 Å². The van der Waals surface area contributed by atoms with Crippen molar-refractivity contribution in [1.29, 1.82) is 0 Å². The lowest BCUT2D eigenvalue weighted by atomic mass is 10.0. The van der Waals surface area contributed by atoms with Crippen LogP contribution in [-0.4, -0.2) is 70.3 Å². The molecule has 0 amide bonds. The highest BCUT2D eigenvalue weighted by Gasteiger charge is 2.28. The summed E-state index contributed by atoms with van der Waals surface area (Å²) < 4.78 is 12.0. The number of aromatic amines is 1. The van der Waals surface area contributed by atoms with Crippen LogP contribution in [0.25, 0.3) is 21.9 Å². The number of anilines is 1. The van der Waals surface area contributed by atoms with Gasteiger partial charge in [-0.05, 0) is 29.9 Å². The fourth-order valence-electron chi connectivity index (χ4n) is 5.04. The molecule has 2 aliphatic heterocycles. The van der Waals surface area contributed by atoms with Crippen molar-refractivity contribution in [2.45, 2.75) is 25.4 Å². The topological polar surface area (TPSA) is 79.4 Å². The zero-order valence-corrected chi connectivity index (χ0v) is 18.6. The Morgan fingerprint density at radius 3 is 2.79 bits per heavy atom. The molecule has 4 aromatic rings. The van der Waals surface area contributed by atoms with Crippen molar-refractivity contribution in [2.75, 3.05) is 44.4 Å². The number of imidazole rings is 1. The Kier molecular flexibility index (Phi) is 5.53. The first kappa shape index (κ1) is 20.4. The number of nitrogens with one attached hydrogen (secondary N) is 1. The van der Waals surface area contributed by atoms with Crippen molar-refractivity contribution >= 4 is 27.8 Å². The molecular formula is C25H28N6O2. The van der Waals surface area contributed by atoms with E-state index in [1.54, 1.807) is 12.7 Å². The standard InChI is InChI=1S/C25H28N6O2/c1-2-6-21-20(5-1)18(14-30-10-12-32-13-11-30)7-8-22(21)33-15-19-4-3-9-31(19)25-23-24(27-16-26-23)28-17-29-25/h1-2,5-8,16-17,19H,3-4,9-15H2,(H,26,27,28,29)/t19-/m1/s1. The molecule has 170 valence electrons. The van der Waals surface area contributed by atoms with Gasteiger partial charge in [-0.2, -0.15) is 0 Å². The summed E-state index contributed by atoms with van der Waals surface area (Å²) in [5.41, 5.74) is 2.93. The summed E-state index contributed by atoms with van der Waals surface area (Å²) in [7, 11) is 0. The molecule has 1 atom stereocenters. The fraction of sp³-hybridized carbons (Fsp3) is 0.400. The van der Waals surface area contributed by atoms with E-state index in [0.717, 1.165) is 69.3 Å². The number of hydrogen-bond donors (Lipinski definition) is 1. The SMILES string of the molecule is c1ccc2c(OC[C@H]3CCCN3c3ncnc4nc[nH]c34)ccc(CN3CCOCC3)c2c1. The predicted octanol–water partition coefficient (Wildman–Crippen LogP) is 3.39. The monoisotopic (exact) mass is 444 g/mol.